The van der Waals surface area contributed by atoms with Crippen LogP contribution in [0.3, 0.4) is 0 Å². The van der Waals surface area contributed by atoms with Crippen molar-refractivity contribution in [3.8, 4) is 0 Å². The molecule has 0 heterocycles. The Morgan fingerprint density at radius 1 is 0.261 bits per heavy atom. The Hall–Kier alpha value is -2.12. The number of hydrogen-bond donors (Lipinski definition) is 4. The van der Waals surface area contributed by atoms with Gasteiger partial charge in [-0.15, -0.1) is 0 Å². The van der Waals surface area contributed by atoms with Gasteiger partial charge in [0.05, 0.1) is 0 Å². The molecule has 506 valence electrons. The van der Waals surface area contributed by atoms with Crippen LogP contribution in [-0.4, -0.2) is 44.3 Å². The van der Waals surface area contributed by atoms with Gasteiger partial charge in [0, 0.05) is 25.7 Å². The third-order valence-corrected chi connectivity index (χ3v) is 28.5. The molecule has 88 heavy (non-hydrogen) atoms. The van der Waals surface area contributed by atoms with Crippen molar-refractivity contribution >= 4 is 23.9 Å². The number of carbonyl (C=O) groups is 4. The van der Waals surface area contributed by atoms with Gasteiger partial charge in [-0.25, -0.2) is 0 Å². The monoisotopic (exact) mass is 1230 g/mol. The van der Waals surface area contributed by atoms with Crippen molar-refractivity contribution < 1.29 is 39.6 Å². The average Bonchev–Trinajstić information content (AvgIpc) is 4.45. The maximum Gasteiger partial charge on any atom is 0.303 e. The maximum atomic E-state index is 11.5. The standard InChI is InChI=1S/C80H138O8/c1-53(11-7-13-55(3)65-33-37-73(49-65)69-29-25-61(41-69)45-77(81)82)19-21-59(17-9-15-57(5)67-35-39-75(51-67)71-31-27-63(43-71)47-79(85)86)23-24-60(18-10-16-58(6)68-36-40-76(52-68)72-32-28-64(44-72)48-80(87)88)22-20-54(2)12-8-14-56(4)66-34-38-74(50-66)70-30-26-62(42-70)46-78(83)84/h53-76H,7-52H2,1-6H3,(H,81,82)(H,83,84)(H,85,86)(H,87,88). The Bertz CT molecular complexity index is 1910. The predicted molar refractivity (Wildman–Crippen MR) is 361 cm³/mol. The second kappa shape index (κ2) is 36.5. The molecule has 0 aliphatic heterocycles. The summed E-state index contributed by atoms with van der Waals surface area (Å²) >= 11 is 0. The first-order valence-corrected chi connectivity index (χ1v) is 39.2. The normalized spacial score (nSPS) is 35.3. The molecule has 8 heteroatoms. The maximum absolute atomic E-state index is 11.5. The molecule has 0 aromatic carbocycles. The zero-order valence-corrected chi connectivity index (χ0v) is 57.8. The smallest absolute Gasteiger partial charge is 0.303 e. The van der Waals surface area contributed by atoms with Gasteiger partial charge in [0.1, 0.15) is 0 Å². The van der Waals surface area contributed by atoms with Crippen molar-refractivity contribution in [3.63, 3.8) is 0 Å². The van der Waals surface area contributed by atoms with Gasteiger partial charge in [-0.2, -0.15) is 0 Å². The van der Waals surface area contributed by atoms with Gasteiger partial charge in [-0.1, -0.05) is 157 Å². The molecule has 0 bridgehead atoms. The molecular weight excluding hydrogens is 1090 g/mol. The van der Waals surface area contributed by atoms with Gasteiger partial charge >= 0.3 is 23.9 Å². The second-order valence-corrected chi connectivity index (χ2v) is 34.8. The van der Waals surface area contributed by atoms with Crippen LogP contribution in [0.1, 0.15) is 337 Å². The lowest BCUT2D eigenvalue weighted by Crippen LogP contribution is -2.14. The molecular formula is C80H138O8. The van der Waals surface area contributed by atoms with Gasteiger partial charge in [0.15, 0.2) is 0 Å². The van der Waals surface area contributed by atoms with Crippen LogP contribution >= 0.6 is 0 Å². The predicted octanol–water partition coefficient (Wildman–Crippen LogP) is 22.3. The molecule has 0 aromatic heterocycles. The summed E-state index contributed by atoms with van der Waals surface area (Å²) in [7, 11) is 0. The molecule has 24 unspecified atom stereocenters. The summed E-state index contributed by atoms with van der Waals surface area (Å²) in [6, 6.07) is 0. The van der Waals surface area contributed by atoms with Crippen LogP contribution in [0.4, 0.5) is 0 Å². The Morgan fingerprint density at radius 3 is 0.727 bits per heavy atom. The highest BCUT2D eigenvalue weighted by atomic mass is 16.4. The first kappa shape index (κ1) is 71.7. The topological polar surface area (TPSA) is 149 Å². The van der Waals surface area contributed by atoms with Crippen molar-refractivity contribution in [2.45, 2.75) is 337 Å². The number of hydrogen-bond acceptors (Lipinski definition) is 4. The summed E-state index contributed by atoms with van der Waals surface area (Å²) in [6.07, 6.45) is 57.1. The van der Waals surface area contributed by atoms with Crippen molar-refractivity contribution in [2.24, 2.45) is 142 Å². The number of carboxylic acid groups (broad SMARTS) is 4. The molecule has 8 aliphatic rings. The summed E-state index contributed by atoms with van der Waals surface area (Å²) in [5, 5.41) is 37.8. The lowest BCUT2D eigenvalue weighted by atomic mass is 9.79. The molecule has 0 saturated heterocycles. The number of aliphatic carboxylic acids is 4. The molecule has 8 rings (SSSR count). The highest BCUT2D eigenvalue weighted by molar-refractivity contribution is 5.68. The lowest BCUT2D eigenvalue weighted by Gasteiger charge is -2.26. The Labute approximate surface area is 539 Å². The zero-order chi connectivity index (χ0) is 62.7. The average molecular weight is 1230 g/mol. The molecule has 8 aliphatic carbocycles. The van der Waals surface area contributed by atoms with E-state index in [1.807, 2.05) is 0 Å². The van der Waals surface area contributed by atoms with E-state index in [0.717, 1.165) is 170 Å². The minimum Gasteiger partial charge on any atom is -0.481 e. The van der Waals surface area contributed by atoms with E-state index in [1.165, 1.54) is 218 Å². The van der Waals surface area contributed by atoms with Gasteiger partial charge in [-0.3, -0.25) is 19.2 Å². The van der Waals surface area contributed by atoms with E-state index < -0.39 is 23.9 Å². The third-order valence-electron chi connectivity index (χ3n) is 28.5. The summed E-state index contributed by atoms with van der Waals surface area (Å²) in [5.41, 5.74) is 0. The first-order chi connectivity index (χ1) is 42.3. The largest absolute Gasteiger partial charge is 0.481 e. The number of carboxylic acids is 4. The summed E-state index contributed by atoms with van der Waals surface area (Å²) in [4.78, 5) is 45.9. The van der Waals surface area contributed by atoms with Crippen LogP contribution in [0, 0.1) is 142 Å². The third kappa shape index (κ3) is 23.4. The van der Waals surface area contributed by atoms with E-state index >= 15 is 0 Å². The fraction of sp³-hybridized carbons (Fsp3) is 0.950. The molecule has 0 radical (unpaired) electrons. The lowest BCUT2D eigenvalue weighted by molar-refractivity contribution is -0.139. The SMILES string of the molecule is CC(CCCC(C)C1CCC(C2CCC(CC(=O)O)C2)C1)CCC(CCCC(C)C1CCC(C2CCC(CC(=O)O)C2)C1)CCC(CCCC(C)C1CCC(C2CCC(CC(=O)O)C2)C1)CCC(C)CCCC(C)C1CCC(C2CCC(CC(=O)O)C2)C1. The van der Waals surface area contributed by atoms with Crippen molar-refractivity contribution in [2.75, 3.05) is 0 Å². The zero-order valence-electron chi connectivity index (χ0n) is 57.8. The highest BCUT2D eigenvalue weighted by Crippen LogP contribution is 2.52. The Balaban J connectivity index is 0.825. The highest BCUT2D eigenvalue weighted by Gasteiger charge is 2.42. The summed E-state index contributed by atoms with van der Waals surface area (Å²) < 4.78 is 0. The van der Waals surface area contributed by atoms with E-state index in [1.54, 1.807) is 0 Å². The van der Waals surface area contributed by atoms with Crippen LogP contribution in [0.5, 0.6) is 0 Å². The van der Waals surface area contributed by atoms with E-state index in [0.29, 0.717) is 49.4 Å². The van der Waals surface area contributed by atoms with E-state index in [-0.39, 0.29) is 0 Å². The van der Waals surface area contributed by atoms with Crippen molar-refractivity contribution in [1.29, 1.82) is 0 Å². The summed E-state index contributed by atoms with van der Waals surface area (Å²) in [5.74, 6) is 15.4. The fourth-order valence-corrected chi connectivity index (χ4v) is 22.5. The minimum absolute atomic E-state index is 0.371. The molecule has 4 N–H and O–H groups in total. The molecule has 24 atom stereocenters. The van der Waals surface area contributed by atoms with Crippen LogP contribution in [0.2, 0.25) is 0 Å². The van der Waals surface area contributed by atoms with Crippen LogP contribution in [0.15, 0.2) is 0 Å². The van der Waals surface area contributed by atoms with Gasteiger partial charge in [0.2, 0.25) is 0 Å². The Morgan fingerprint density at radius 2 is 0.477 bits per heavy atom. The van der Waals surface area contributed by atoms with Gasteiger partial charge in [0.25, 0.3) is 0 Å². The van der Waals surface area contributed by atoms with E-state index in [4.69, 9.17) is 0 Å². The van der Waals surface area contributed by atoms with Crippen LogP contribution < -0.4 is 0 Å². The summed E-state index contributed by atoms with van der Waals surface area (Å²) in [6.45, 7) is 15.5. The van der Waals surface area contributed by atoms with Crippen molar-refractivity contribution in [3.05, 3.63) is 0 Å². The minimum atomic E-state index is -0.610. The van der Waals surface area contributed by atoms with Gasteiger partial charge < -0.3 is 20.4 Å². The first-order valence-electron chi connectivity index (χ1n) is 39.2. The quantitative estimate of drug-likeness (QED) is 0.0473. The molecule has 8 fully saturated rings. The van der Waals surface area contributed by atoms with E-state index in [2.05, 4.69) is 41.5 Å². The van der Waals surface area contributed by atoms with Crippen LogP contribution in [-0.2, 0) is 19.2 Å². The second-order valence-electron chi connectivity index (χ2n) is 34.8. The van der Waals surface area contributed by atoms with Crippen molar-refractivity contribution in [1.82, 2.24) is 0 Å². The van der Waals surface area contributed by atoms with Gasteiger partial charge in [-0.05, 0) is 296 Å². The van der Waals surface area contributed by atoms with Crippen LogP contribution in [0.25, 0.3) is 0 Å². The molecule has 0 aromatic rings. The fourth-order valence-electron chi connectivity index (χ4n) is 22.5. The van der Waals surface area contributed by atoms with E-state index in [9.17, 15) is 39.6 Å². The Kier molecular flexibility index (Phi) is 29.8. The molecule has 0 amide bonds. The number of rotatable bonds is 41. The molecule has 8 saturated carbocycles. The molecule has 8 nitrogen and oxygen atoms in total. The molecule has 0 spiro atoms.